The van der Waals surface area contributed by atoms with Crippen LogP contribution in [0.3, 0.4) is 0 Å². The fraction of sp³-hybridized carbons (Fsp3) is 0.133. The van der Waals surface area contributed by atoms with Gasteiger partial charge < -0.3 is 0 Å². The number of nitrogens with zero attached hydrogens (tertiary/aromatic N) is 2. The number of hydrogen-bond donors (Lipinski definition) is 1. The van der Waals surface area contributed by atoms with E-state index in [9.17, 15) is 10.1 Å². The summed E-state index contributed by atoms with van der Waals surface area (Å²) in [6, 6.07) is 11.6. The third kappa shape index (κ3) is 3.81. The maximum atomic E-state index is 10.8. The van der Waals surface area contributed by atoms with E-state index < -0.39 is 4.92 Å². The van der Waals surface area contributed by atoms with Crippen LogP contribution >= 0.6 is 11.6 Å². The Morgan fingerprint density at radius 2 is 1.95 bits per heavy atom. The number of hydroxylamine groups is 1. The number of halogens is 1. The van der Waals surface area contributed by atoms with Gasteiger partial charge in [0.2, 0.25) is 0 Å². The van der Waals surface area contributed by atoms with Crippen molar-refractivity contribution in [3.63, 3.8) is 0 Å². The van der Waals surface area contributed by atoms with Crippen molar-refractivity contribution >= 4 is 28.8 Å². The van der Waals surface area contributed by atoms with Crippen LogP contribution in [0.5, 0.6) is 0 Å². The van der Waals surface area contributed by atoms with E-state index in [1.54, 1.807) is 37.3 Å². The Morgan fingerprint density at radius 3 is 2.50 bits per heavy atom. The minimum Gasteiger partial charge on any atom is -0.278 e. The van der Waals surface area contributed by atoms with Gasteiger partial charge in [0.15, 0.2) is 5.84 Å². The van der Waals surface area contributed by atoms with Gasteiger partial charge in [0.05, 0.1) is 17.7 Å². The average molecular weight is 320 g/mol. The minimum atomic E-state index is -0.437. The van der Waals surface area contributed by atoms with Gasteiger partial charge in [-0.05, 0) is 42.8 Å². The summed E-state index contributed by atoms with van der Waals surface area (Å²) in [6.07, 6.45) is 0. The van der Waals surface area contributed by atoms with E-state index in [0.29, 0.717) is 22.1 Å². The van der Waals surface area contributed by atoms with Crippen LogP contribution in [0.4, 0.5) is 11.4 Å². The molecule has 114 valence electrons. The van der Waals surface area contributed by atoms with Gasteiger partial charge in [0.1, 0.15) is 0 Å². The highest BCUT2D eigenvalue weighted by Gasteiger charge is 2.09. The monoisotopic (exact) mass is 319 g/mol. The number of amidine groups is 1. The molecule has 1 N–H and O–H groups in total. The molecule has 7 heteroatoms. The van der Waals surface area contributed by atoms with E-state index in [-0.39, 0.29) is 5.69 Å². The Bertz CT molecular complexity index is 714. The van der Waals surface area contributed by atoms with Crippen LogP contribution in [0.2, 0.25) is 5.02 Å². The quantitative estimate of drug-likeness (QED) is 0.402. The molecule has 0 aliphatic rings. The van der Waals surface area contributed by atoms with Crippen molar-refractivity contribution in [2.24, 2.45) is 4.99 Å². The van der Waals surface area contributed by atoms with Crippen molar-refractivity contribution in [1.29, 1.82) is 0 Å². The second-order valence-electron chi connectivity index (χ2n) is 4.50. The Kier molecular flexibility index (Phi) is 5.08. The number of nitro groups is 1. The Labute approximate surface area is 132 Å². The van der Waals surface area contributed by atoms with Crippen LogP contribution in [-0.4, -0.2) is 17.9 Å². The number of nitrogens with one attached hydrogen (secondary N) is 1. The lowest BCUT2D eigenvalue weighted by Crippen LogP contribution is -2.22. The number of hydrogen-bond acceptors (Lipinski definition) is 4. The normalized spacial score (nSPS) is 11.3. The molecule has 0 aromatic heterocycles. The second kappa shape index (κ2) is 7.02. The molecule has 0 saturated carbocycles. The average Bonchev–Trinajstić information content (AvgIpc) is 2.49. The standard InChI is InChI=1S/C15H14ClN3O3/c1-10-9-13(19(20)21)7-8-14(10)17-15(18-22-2)11-3-5-12(16)6-4-11/h3-9H,1-2H3,(H,17,18). The van der Waals surface area contributed by atoms with Crippen LogP contribution in [-0.2, 0) is 4.84 Å². The van der Waals surface area contributed by atoms with Crippen molar-refractivity contribution < 1.29 is 9.76 Å². The number of non-ortho nitro benzene ring substituents is 1. The summed E-state index contributed by atoms with van der Waals surface area (Å²) in [5, 5.41) is 11.4. The topological polar surface area (TPSA) is 76.8 Å². The summed E-state index contributed by atoms with van der Waals surface area (Å²) < 4.78 is 0. The highest BCUT2D eigenvalue weighted by atomic mass is 35.5. The Balaban J connectivity index is 2.41. The first-order valence-electron chi connectivity index (χ1n) is 6.40. The molecule has 2 aromatic rings. The molecule has 0 radical (unpaired) electrons. The summed E-state index contributed by atoms with van der Waals surface area (Å²) in [6.45, 7) is 1.76. The maximum absolute atomic E-state index is 10.8. The summed E-state index contributed by atoms with van der Waals surface area (Å²) in [5.41, 5.74) is 4.82. The van der Waals surface area contributed by atoms with Crippen LogP contribution in [0.15, 0.2) is 47.5 Å². The van der Waals surface area contributed by atoms with Gasteiger partial charge in [-0.25, -0.2) is 10.5 Å². The van der Waals surface area contributed by atoms with Crippen molar-refractivity contribution in [3.05, 3.63) is 68.7 Å². The van der Waals surface area contributed by atoms with Gasteiger partial charge in [0, 0.05) is 22.7 Å². The van der Waals surface area contributed by atoms with Crippen LogP contribution in [0.25, 0.3) is 0 Å². The lowest BCUT2D eigenvalue weighted by Gasteiger charge is -2.09. The number of aryl methyl sites for hydroxylation is 1. The molecule has 2 rings (SSSR count). The fourth-order valence-electron chi connectivity index (χ4n) is 1.85. The zero-order valence-electron chi connectivity index (χ0n) is 12.0. The number of nitro benzene ring substituents is 1. The van der Waals surface area contributed by atoms with E-state index in [1.165, 1.54) is 19.2 Å². The Hall–Kier alpha value is -2.44. The van der Waals surface area contributed by atoms with Gasteiger partial charge in [-0.15, -0.1) is 0 Å². The maximum Gasteiger partial charge on any atom is 0.269 e. The van der Waals surface area contributed by atoms with E-state index >= 15 is 0 Å². The number of benzene rings is 2. The van der Waals surface area contributed by atoms with Crippen molar-refractivity contribution in [2.75, 3.05) is 7.11 Å². The lowest BCUT2D eigenvalue weighted by molar-refractivity contribution is -0.384. The largest absolute Gasteiger partial charge is 0.278 e. The molecule has 0 aliphatic carbocycles. The second-order valence-corrected chi connectivity index (χ2v) is 4.94. The molecule has 2 aromatic carbocycles. The van der Waals surface area contributed by atoms with Crippen molar-refractivity contribution in [3.8, 4) is 0 Å². The highest BCUT2D eigenvalue weighted by molar-refractivity contribution is 6.30. The number of rotatable bonds is 4. The fourth-order valence-corrected chi connectivity index (χ4v) is 1.98. The molecule has 0 aliphatic heterocycles. The summed E-state index contributed by atoms with van der Waals surface area (Å²) in [5.74, 6) is 0.483. The molecule has 6 nitrogen and oxygen atoms in total. The smallest absolute Gasteiger partial charge is 0.269 e. The SMILES string of the molecule is CONC(=Nc1ccc([N+](=O)[O-])cc1C)c1ccc(Cl)cc1. The molecule has 0 amide bonds. The molecule has 22 heavy (non-hydrogen) atoms. The molecule has 0 spiro atoms. The van der Waals surface area contributed by atoms with Gasteiger partial charge in [-0.3, -0.25) is 15.0 Å². The minimum absolute atomic E-state index is 0.0317. The zero-order chi connectivity index (χ0) is 16.1. The first-order chi connectivity index (χ1) is 10.5. The van der Waals surface area contributed by atoms with Crippen molar-refractivity contribution in [2.45, 2.75) is 6.92 Å². The highest BCUT2D eigenvalue weighted by Crippen LogP contribution is 2.24. The first kappa shape index (κ1) is 15.9. The van der Waals surface area contributed by atoms with E-state index in [0.717, 1.165) is 5.56 Å². The molecular weight excluding hydrogens is 306 g/mol. The molecule has 0 heterocycles. The zero-order valence-corrected chi connectivity index (χ0v) is 12.8. The summed E-state index contributed by atoms with van der Waals surface area (Å²) >= 11 is 5.87. The summed E-state index contributed by atoms with van der Waals surface area (Å²) in [7, 11) is 1.48. The first-order valence-corrected chi connectivity index (χ1v) is 6.77. The third-order valence-corrected chi connectivity index (χ3v) is 3.19. The van der Waals surface area contributed by atoms with Crippen molar-refractivity contribution in [1.82, 2.24) is 5.48 Å². The van der Waals surface area contributed by atoms with Gasteiger partial charge >= 0.3 is 0 Å². The predicted octanol–water partition coefficient (Wildman–Crippen LogP) is 3.79. The predicted molar refractivity (Wildman–Crippen MR) is 85.6 cm³/mol. The molecule has 0 fully saturated rings. The third-order valence-electron chi connectivity index (χ3n) is 2.94. The Morgan fingerprint density at radius 1 is 1.27 bits per heavy atom. The van der Waals surface area contributed by atoms with Crippen LogP contribution in [0.1, 0.15) is 11.1 Å². The molecule has 0 atom stereocenters. The van der Waals surface area contributed by atoms with Gasteiger partial charge in [-0.2, -0.15) is 0 Å². The van der Waals surface area contributed by atoms with Crippen LogP contribution < -0.4 is 5.48 Å². The molecule has 0 bridgehead atoms. The molecule has 0 saturated heterocycles. The molecule has 0 unspecified atom stereocenters. The summed E-state index contributed by atoms with van der Waals surface area (Å²) in [4.78, 5) is 19.7. The van der Waals surface area contributed by atoms with E-state index in [1.807, 2.05) is 0 Å². The van der Waals surface area contributed by atoms with E-state index in [2.05, 4.69) is 10.5 Å². The lowest BCUT2D eigenvalue weighted by atomic mass is 10.1. The number of aliphatic imine (C=N–C) groups is 1. The van der Waals surface area contributed by atoms with E-state index in [4.69, 9.17) is 16.4 Å². The van der Waals surface area contributed by atoms with Gasteiger partial charge in [0.25, 0.3) is 5.69 Å². The molecular formula is C15H14ClN3O3. The van der Waals surface area contributed by atoms with Crippen LogP contribution in [0, 0.1) is 17.0 Å². The van der Waals surface area contributed by atoms with Gasteiger partial charge in [-0.1, -0.05) is 11.6 Å².